The molecule has 3 aliphatic rings. The summed E-state index contributed by atoms with van der Waals surface area (Å²) in [7, 11) is 0. The van der Waals surface area contributed by atoms with Gasteiger partial charge in [-0.2, -0.15) is 0 Å². The highest BCUT2D eigenvalue weighted by molar-refractivity contribution is 5.81. The zero-order valence-corrected chi connectivity index (χ0v) is 16.4. The Bertz CT molecular complexity index is 684. The van der Waals surface area contributed by atoms with Crippen molar-refractivity contribution in [2.24, 2.45) is 5.41 Å². The molecule has 7 heteroatoms. The number of amides is 1. The van der Waals surface area contributed by atoms with E-state index in [9.17, 15) is 4.79 Å². The zero-order chi connectivity index (χ0) is 19.0. The molecule has 3 heterocycles. The third-order valence-corrected chi connectivity index (χ3v) is 5.82. The number of aromatic nitrogens is 2. The van der Waals surface area contributed by atoms with Crippen molar-refractivity contribution in [3.63, 3.8) is 0 Å². The Kier molecular flexibility index (Phi) is 5.07. The van der Waals surface area contributed by atoms with Crippen LogP contribution in [0.3, 0.4) is 0 Å². The van der Waals surface area contributed by atoms with E-state index in [0.717, 1.165) is 5.69 Å². The molecule has 4 unspecified atom stereocenters. The molecule has 2 N–H and O–H groups in total. The van der Waals surface area contributed by atoms with Crippen LogP contribution in [0.1, 0.15) is 58.1 Å². The molecule has 1 aliphatic carbocycles. The molecular weight excluding hydrogens is 344 g/mol. The highest BCUT2D eigenvalue weighted by Crippen LogP contribution is 2.33. The smallest absolute Gasteiger partial charge is 0.225 e. The van der Waals surface area contributed by atoms with E-state index >= 15 is 0 Å². The number of ether oxygens (including phenoxy) is 2. The van der Waals surface area contributed by atoms with Crippen molar-refractivity contribution in [1.82, 2.24) is 15.3 Å². The molecule has 1 aromatic heterocycles. The molecule has 2 aliphatic heterocycles. The first-order chi connectivity index (χ1) is 12.9. The number of carbonyl (C=O) groups is 1. The molecule has 1 aromatic rings. The quantitative estimate of drug-likeness (QED) is 0.841. The molecule has 148 valence electrons. The molecule has 27 heavy (non-hydrogen) atoms. The lowest BCUT2D eigenvalue weighted by Crippen LogP contribution is -2.48. The molecule has 7 nitrogen and oxygen atoms in total. The van der Waals surface area contributed by atoms with E-state index in [4.69, 9.17) is 14.5 Å². The molecule has 0 bridgehead atoms. The van der Waals surface area contributed by atoms with Crippen LogP contribution in [0.5, 0.6) is 0 Å². The first kappa shape index (κ1) is 18.6. The topological polar surface area (TPSA) is 85.4 Å². The normalized spacial score (nSPS) is 31.1. The molecule has 4 atom stereocenters. The van der Waals surface area contributed by atoms with Crippen molar-refractivity contribution < 1.29 is 14.3 Å². The molecule has 1 amide bonds. The minimum Gasteiger partial charge on any atom is -0.371 e. The number of anilines is 1. The maximum Gasteiger partial charge on any atom is 0.225 e. The fraction of sp³-hybridized carbons (Fsp3) is 0.750. The van der Waals surface area contributed by atoms with Crippen LogP contribution < -0.4 is 10.6 Å². The van der Waals surface area contributed by atoms with Crippen LogP contribution in [0.15, 0.2) is 12.3 Å². The number of hydrogen-bond acceptors (Lipinski definition) is 6. The number of carbonyl (C=O) groups excluding carboxylic acids is 1. The summed E-state index contributed by atoms with van der Waals surface area (Å²) in [5, 5.41) is 6.47. The van der Waals surface area contributed by atoms with Crippen molar-refractivity contribution in [2.45, 2.75) is 76.7 Å². The summed E-state index contributed by atoms with van der Waals surface area (Å²) < 4.78 is 11.9. The lowest BCUT2D eigenvalue weighted by molar-refractivity contribution is -0.129. The maximum atomic E-state index is 12.3. The third kappa shape index (κ3) is 3.94. The van der Waals surface area contributed by atoms with Crippen LogP contribution in [-0.4, -0.2) is 53.4 Å². The summed E-state index contributed by atoms with van der Waals surface area (Å²) in [5.74, 6) is 1.21. The highest BCUT2D eigenvalue weighted by atomic mass is 16.6. The Labute approximate surface area is 160 Å². The van der Waals surface area contributed by atoms with Crippen LogP contribution >= 0.6 is 0 Å². The van der Waals surface area contributed by atoms with Crippen molar-refractivity contribution in [1.29, 1.82) is 0 Å². The predicted molar refractivity (Wildman–Crippen MR) is 102 cm³/mol. The largest absolute Gasteiger partial charge is 0.371 e. The Hall–Kier alpha value is -1.73. The van der Waals surface area contributed by atoms with Crippen LogP contribution in [0.4, 0.5) is 5.95 Å². The van der Waals surface area contributed by atoms with Gasteiger partial charge in [0.15, 0.2) is 0 Å². The Balaban J connectivity index is 1.38. The molecular formula is C20H30N4O3. The number of fused-ring (bicyclic) bond motifs is 1. The van der Waals surface area contributed by atoms with Gasteiger partial charge in [0.25, 0.3) is 0 Å². The number of hydrogen-bond donors (Lipinski definition) is 2. The second-order valence-corrected chi connectivity index (χ2v) is 8.96. The van der Waals surface area contributed by atoms with Crippen molar-refractivity contribution >= 4 is 11.9 Å². The molecule has 0 radical (unpaired) electrons. The Morgan fingerprint density at radius 1 is 1.11 bits per heavy atom. The monoisotopic (exact) mass is 374 g/mol. The van der Waals surface area contributed by atoms with E-state index in [-0.39, 0.29) is 30.2 Å². The second-order valence-electron chi connectivity index (χ2n) is 8.96. The van der Waals surface area contributed by atoms with Gasteiger partial charge in [0.1, 0.15) is 12.2 Å². The van der Waals surface area contributed by atoms with E-state index < -0.39 is 5.41 Å². The maximum absolute atomic E-state index is 12.3. The van der Waals surface area contributed by atoms with E-state index in [1.807, 2.05) is 33.0 Å². The minimum absolute atomic E-state index is 0.00892. The van der Waals surface area contributed by atoms with Crippen molar-refractivity contribution in [2.75, 3.05) is 18.5 Å². The highest BCUT2D eigenvalue weighted by Gasteiger charge is 2.49. The van der Waals surface area contributed by atoms with Crippen LogP contribution in [0, 0.1) is 5.41 Å². The number of rotatable bonds is 4. The van der Waals surface area contributed by atoms with E-state index in [0.29, 0.717) is 25.1 Å². The van der Waals surface area contributed by atoms with E-state index in [1.165, 1.54) is 25.7 Å². The fourth-order valence-electron chi connectivity index (χ4n) is 4.19. The summed E-state index contributed by atoms with van der Waals surface area (Å²) in [6.45, 7) is 6.71. The third-order valence-electron chi connectivity index (χ3n) is 5.82. The molecule has 1 saturated carbocycles. The van der Waals surface area contributed by atoms with Gasteiger partial charge in [-0.05, 0) is 18.9 Å². The summed E-state index contributed by atoms with van der Waals surface area (Å²) in [6.07, 6.45) is 6.59. The van der Waals surface area contributed by atoms with Gasteiger partial charge in [-0.3, -0.25) is 4.79 Å². The van der Waals surface area contributed by atoms with Crippen LogP contribution in [0.2, 0.25) is 0 Å². The molecule has 4 rings (SSSR count). The van der Waals surface area contributed by atoms with Gasteiger partial charge in [-0.1, -0.05) is 33.6 Å². The van der Waals surface area contributed by atoms with Crippen LogP contribution in [0.25, 0.3) is 0 Å². The van der Waals surface area contributed by atoms with Gasteiger partial charge < -0.3 is 20.1 Å². The van der Waals surface area contributed by atoms with Gasteiger partial charge in [0, 0.05) is 23.2 Å². The standard InChI is InChI=1S/C20H30N4O3/c1-20(2,3)18(25)22-14-10-26-17-15(11-27-16(14)17)24-19-21-9-8-13(23-19)12-6-4-5-7-12/h8-9,12,14-17H,4-7,10-11H2,1-3H3,(H,22,25)(H,21,23,24). The van der Waals surface area contributed by atoms with Crippen molar-refractivity contribution in [3.05, 3.63) is 18.0 Å². The molecule has 2 saturated heterocycles. The lowest BCUT2D eigenvalue weighted by atomic mass is 9.94. The lowest BCUT2D eigenvalue weighted by Gasteiger charge is -2.23. The van der Waals surface area contributed by atoms with Gasteiger partial charge in [0.2, 0.25) is 11.9 Å². The SMILES string of the molecule is CC(C)(C)C(=O)NC1COC2C(Nc3nccc(C4CCCC4)n3)COC12. The first-order valence-corrected chi connectivity index (χ1v) is 10.1. The Morgan fingerprint density at radius 2 is 1.78 bits per heavy atom. The molecule has 0 aromatic carbocycles. The number of nitrogens with one attached hydrogen (secondary N) is 2. The summed E-state index contributed by atoms with van der Waals surface area (Å²) in [5.41, 5.74) is 0.700. The summed E-state index contributed by atoms with van der Waals surface area (Å²) in [6, 6.07) is 1.91. The van der Waals surface area contributed by atoms with Gasteiger partial charge >= 0.3 is 0 Å². The average Bonchev–Trinajstić information content (AvgIpc) is 3.35. The summed E-state index contributed by atoms with van der Waals surface area (Å²) >= 11 is 0. The predicted octanol–water partition coefficient (Wildman–Crippen LogP) is 2.24. The zero-order valence-electron chi connectivity index (χ0n) is 16.4. The van der Waals surface area contributed by atoms with E-state index in [1.54, 1.807) is 0 Å². The first-order valence-electron chi connectivity index (χ1n) is 10.1. The average molecular weight is 374 g/mol. The van der Waals surface area contributed by atoms with Gasteiger partial charge in [-0.15, -0.1) is 0 Å². The van der Waals surface area contributed by atoms with Crippen molar-refractivity contribution in [3.8, 4) is 0 Å². The molecule has 0 spiro atoms. The summed E-state index contributed by atoms with van der Waals surface area (Å²) in [4.78, 5) is 21.4. The van der Waals surface area contributed by atoms with E-state index in [2.05, 4.69) is 15.6 Å². The second kappa shape index (κ2) is 7.36. The van der Waals surface area contributed by atoms with Crippen LogP contribution in [-0.2, 0) is 14.3 Å². The Morgan fingerprint density at radius 3 is 2.48 bits per heavy atom. The van der Waals surface area contributed by atoms with Gasteiger partial charge in [0.05, 0.1) is 25.3 Å². The minimum atomic E-state index is -0.428. The fourth-order valence-corrected chi connectivity index (χ4v) is 4.19. The number of nitrogens with zero attached hydrogens (tertiary/aromatic N) is 2. The van der Waals surface area contributed by atoms with Gasteiger partial charge in [-0.25, -0.2) is 9.97 Å². The molecule has 3 fully saturated rings.